The molecule has 0 radical (unpaired) electrons. The highest BCUT2D eigenvalue weighted by Gasteiger charge is 2.25. The maximum atomic E-state index is 11.3. The molecular weight excluding hydrogens is 330 g/mol. The number of nitrogens with zero attached hydrogens (tertiary/aromatic N) is 3. The number of carbonyl (C=O) groups excluding carboxylic acids is 1. The van der Waals surface area contributed by atoms with Crippen LogP contribution in [0.4, 0.5) is 5.69 Å². The zero-order valence-electron chi connectivity index (χ0n) is 15.5. The Balaban J connectivity index is 1.52. The molecule has 2 aromatic rings. The summed E-state index contributed by atoms with van der Waals surface area (Å²) in [6.45, 7) is 5.95. The highest BCUT2D eigenvalue weighted by Crippen LogP contribution is 2.28. The van der Waals surface area contributed by atoms with Gasteiger partial charge in [0, 0.05) is 25.2 Å². The van der Waals surface area contributed by atoms with Crippen LogP contribution in [0, 0.1) is 0 Å². The minimum absolute atomic E-state index is 0.0724. The van der Waals surface area contributed by atoms with Gasteiger partial charge in [0.15, 0.2) is 0 Å². The lowest BCUT2D eigenvalue weighted by atomic mass is 10.1. The zero-order chi connectivity index (χ0) is 18.1. The number of likely N-dealkylation sites (tertiary alicyclic amines) is 1. The second kappa shape index (κ2) is 7.34. The fraction of sp³-hybridized carbons (Fsp3) is 0.579. The first kappa shape index (κ1) is 17.5. The van der Waals surface area contributed by atoms with Gasteiger partial charge in [0.25, 0.3) is 0 Å². The van der Waals surface area contributed by atoms with E-state index in [0.29, 0.717) is 19.3 Å². The van der Waals surface area contributed by atoms with Crippen LogP contribution in [0.25, 0.3) is 11.0 Å². The van der Waals surface area contributed by atoms with E-state index in [-0.39, 0.29) is 11.9 Å². The number of benzene rings is 1. The van der Waals surface area contributed by atoms with Crippen molar-refractivity contribution in [2.75, 3.05) is 38.6 Å². The number of hydrogen-bond donors (Lipinski definition) is 2. The van der Waals surface area contributed by atoms with Crippen LogP contribution in [0.5, 0.6) is 0 Å². The lowest BCUT2D eigenvalue weighted by molar-refractivity contribution is -0.114. The van der Waals surface area contributed by atoms with Gasteiger partial charge in [0.1, 0.15) is 12.4 Å². The fourth-order valence-corrected chi connectivity index (χ4v) is 3.97. The fourth-order valence-electron chi connectivity index (χ4n) is 3.97. The van der Waals surface area contributed by atoms with E-state index >= 15 is 0 Å². The summed E-state index contributed by atoms with van der Waals surface area (Å²) in [5.74, 6) is 0.887. The molecule has 0 saturated carbocycles. The van der Waals surface area contributed by atoms with Crippen molar-refractivity contribution in [3.63, 3.8) is 0 Å². The summed E-state index contributed by atoms with van der Waals surface area (Å²) < 4.78 is 8.09. The third kappa shape index (κ3) is 3.60. The Morgan fingerprint density at radius 1 is 1.35 bits per heavy atom. The van der Waals surface area contributed by atoms with Gasteiger partial charge in [0.2, 0.25) is 5.91 Å². The molecule has 2 aliphatic heterocycles. The van der Waals surface area contributed by atoms with Crippen LogP contribution in [0.2, 0.25) is 0 Å². The highest BCUT2D eigenvalue weighted by molar-refractivity contribution is 5.91. The summed E-state index contributed by atoms with van der Waals surface area (Å²) in [5, 5.41) is 6.56. The van der Waals surface area contributed by atoms with Crippen LogP contribution in [0.1, 0.15) is 31.6 Å². The van der Waals surface area contributed by atoms with Crippen LogP contribution in [-0.2, 0) is 16.1 Å². The van der Waals surface area contributed by atoms with Gasteiger partial charge < -0.3 is 24.8 Å². The van der Waals surface area contributed by atoms with Crippen LogP contribution >= 0.6 is 0 Å². The van der Waals surface area contributed by atoms with Crippen molar-refractivity contribution in [2.24, 2.45) is 0 Å². The number of ether oxygens (including phenoxy) is 1. The third-order valence-corrected chi connectivity index (χ3v) is 5.35. The molecule has 0 aliphatic carbocycles. The molecule has 26 heavy (non-hydrogen) atoms. The second-order valence-corrected chi connectivity index (χ2v) is 7.44. The summed E-state index contributed by atoms with van der Waals surface area (Å²) in [7, 11) is 2.18. The summed E-state index contributed by atoms with van der Waals surface area (Å²) in [6.07, 6.45) is 2.39. The monoisotopic (exact) mass is 357 g/mol. The maximum absolute atomic E-state index is 11.3. The molecule has 1 fully saturated rings. The molecule has 1 aromatic heterocycles. The van der Waals surface area contributed by atoms with Gasteiger partial charge in [-0.15, -0.1) is 0 Å². The average Bonchev–Trinajstić information content (AvgIpc) is 2.99. The predicted octanol–water partition coefficient (Wildman–Crippen LogP) is 1.75. The van der Waals surface area contributed by atoms with E-state index in [0.717, 1.165) is 42.2 Å². The SMILES string of the molecule is CC(=O)Nc1ccc2c(c1)nc1n2C(CNC2CCN(C)CC2)COC1. The first-order chi connectivity index (χ1) is 12.6. The molecule has 0 bridgehead atoms. The summed E-state index contributed by atoms with van der Waals surface area (Å²) in [4.78, 5) is 18.4. The van der Waals surface area contributed by atoms with Crippen LogP contribution in [0.15, 0.2) is 18.2 Å². The number of imidazole rings is 1. The van der Waals surface area contributed by atoms with Gasteiger partial charge in [-0.2, -0.15) is 0 Å². The zero-order valence-corrected chi connectivity index (χ0v) is 15.5. The number of amides is 1. The van der Waals surface area contributed by atoms with Gasteiger partial charge in [-0.1, -0.05) is 0 Å². The van der Waals surface area contributed by atoms with Crippen LogP contribution in [0.3, 0.4) is 0 Å². The van der Waals surface area contributed by atoms with Crippen molar-refractivity contribution < 1.29 is 9.53 Å². The Labute approximate surface area is 153 Å². The molecule has 2 aliphatic rings. The number of rotatable bonds is 4. The summed E-state index contributed by atoms with van der Waals surface area (Å²) in [6, 6.07) is 6.75. The number of carbonyl (C=O) groups is 1. The van der Waals surface area contributed by atoms with E-state index in [2.05, 4.69) is 27.1 Å². The highest BCUT2D eigenvalue weighted by atomic mass is 16.5. The Morgan fingerprint density at radius 3 is 2.92 bits per heavy atom. The lowest BCUT2D eigenvalue weighted by Gasteiger charge is -2.32. The molecule has 2 N–H and O–H groups in total. The normalized spacial score (nSPS) is 21.7. The molecule has 1 amide bonds. The van der Waals surface area contributed by atoms with Crippen molar-refractivity contribution in [1.29, 1.82) is 0 Å². The van der Waals surface area contributed by atoms with Crippen LogP contribution < -0.4 is 10.6 Å². The number of piperidine rings is 1. The summed E-state index contributed by atoms with van der Waals surface area (Å²) in [5.41, 5.74) is 2.79. The first-order valence-electron chi connectivity index (χ1n) is 9.38. The number of fused-ring (bicyclic) bond motifs is 3. The third-order valence-electron chi connectivity index (χ3n) is 5.35. The van der Waals surface area contributed by atoms with Crippen molar-refractivity contribution >= 4 is 22.6 Å². The average molecular weight is 357 g/mol. The Bertz CT molecular complexity index is 795. The van der Waals surface area contributed by atoms with E-state index < -0.39 is 0 Å². The van der Waals surface area contributed by atoms with E-state index in [9.17, 15) is 4.79 Å². The second-order valence-electron chi connectivity index (χ2n) is 7.44. The standard InChI is InChI=1S/C19H27N5O2/c1-13(25)21-15-3-4-18-17(9-15)22-19-12-26-11-16(24(18)19)10-20-14-5-7-23(2)8-6-14/h3-4,9,14,16,20H,5-8,10-12H2,1-2H3,(H,21,25). The molecule has 7 heteroatoms. The molecular formula is C19H27N5O2. The maximum Gasteiger partial charge on any atom is 0.221 e. The number of nitrogens with one attached hydrogen (secondary N) is 2. The van der Waals surface area contributed by atoms with Gasteiger partial charge in [-0.25, -0.2) is 4.98 Å². The van der Waals surface area contributed by atoms with Crippen molar-refractivity contribution in [1.82, 2.24) is 19.8 Å². The molecule has 1 atom stereocenters. The largest absolute Gasteiger partial charge is 0.371 e. The smallest absolute Gasteiger partial charge is 0.221 e. The van der Waals surface area contributed by atoms with Gasteiger partial charge in [-0.3, -0.25) is 4.79 Å². The number of anilines is 1. The molecule has 7 nitrogen and oxygen atoms in total. The van der Waals surface area contributed by atoms with Gasteiger partial charge in [0.05, 0.1) is 23.7 Å². The minimum atomic E-state index is -0.0724. The van der Waals surface area contributed by atoms with E-state index in [4.69, 9.17) is 9.72 Å². The van der Waals surface area contributed by atoms with Crippen molar-refractivity contribution in [3.05, 3.63) is 24.0 Å². The topological polar surface area (TPSA) is 71.4 Å². The van der Waals surface area contributed by atoms with Gasteiger partial charge in [-0.05, 0) is 51.2 Å². The Hall–Kier alpha value is -1.96. The minimum Gasteiger partial charge on any atom is -0.371 e. The summed E-state index contributed by atoms with van der Waals surface area (Å²) >= 11 is 0. The Kier molecular flexibility index (Phi) is 4.93. The number of aromatic nitrogens is 2. The van der Waals surface area contributed by atoms with E-state index in [1.165, 1.54) is 19.8 Å². The molecule has 3 heterocycles. The van der Waals surface area contributed by atoms with Crippen LogP contribution in [-0.4, -0.2) is 59.7 Å². The van der Waals surface area contributed by atoms with Crippen molar-refractivity contribution in [3.8, 4) is 0 Å². The van der Waals surface area contributed by atoms with E-state index in [1.54, 1.807) is 0 Å². The molecule has 1 saturated heterocycles. The quantitative estimate of drug-likeness (QED) is 0.872. The molecule has 1 unspecified atom stereocenters. The molecule has 4 rings (SSSR count). The van der Waals surface area contributed by atoms with Gasteiger partial charge >= 0.3 is 0 Å². The Morgan fingerprint density at radius 2 is 2.15 bits per heavy atom. The van der Waals surface area contributed by atoms with Crippen molar-refractivity contribution in [2.45, 2.75) is 38.5 Å². The lowest BCUT2D eigenvalue weighted by Crippen LogP contribution is -2.44. The molecule has 0 spiro atoms. The molecule has 140 valence electrons. The molecule has 1 aromatic carbocycles. The first-order valence-corrected chi connectivity index (χ1v) is 9.38. The number of hydrogen-bond acceptors (Lipinski definition) is 5. The van der Waals surface area contributed by atoms with E-state index in [1.807, 2.05) is 18.2 Å². The predicted molar refractivity (Wildman–Crippen MR) is 101 cm³/mol.